The fourth-order valence-corrected chi connectivity index (χ4v) is 3.40. The van der Waals surface area contributed by atoms with E-state index in [-0.39, 0.29) is 18.4 Å². The van der Waals surface area contributed by atoms with E-state index in [1.807, 2.05) is 23.1 Å². The molecule has 1 saturated heterocycles. The third kappa shape index (κ3) is 4.64. The van der Waals surface area contributed by atoms with Gasteiger partial charge >= 0.3 is 11.8 Å². The van der Waals surface area contributed by atoms with Crippen molar-refractivity contribution >= 4 is 17.5 Å². The fourth-order valence-electron chi connectivity index (χ4n) is 3.40. The summed E-state index contributed by atoms with van der Waals surface area (Å²) in [6, 6.07) is 10.4. The zero-order chi connectivity index (χ0) is 19.9. The van der Waals surface area contributed by atoms with Crippen LogP contribution in [0.1, 0.15) is 11.6 Å². The average molecular weight is 385 g/mol. The summed E-state index contributed by atoms with van der Waals surface area (Å²) in [6.45, 7) is 3.02. The number of anilines is 1. The van der Waals surface area contributed by atoms with Crippen LogP contribution in [0.4, 0.5) is 10.1 Å². The predicted octanol–water partition coefficient (Wildman–Crippen LogP) is 0.946. The number of carbonyl (C=O) groups excluding carboxylic acids is 2. The summed E-state index contributed by atoms with van der Waals surface area (Å²) in [5, 5.41) is 5.01. The van der Waals surface area contributed by atoms with Gasteiger partial charge < -0.3 is 15.5 Å². The van der Waals surface area contributed by atoms with Gasteiger partial charge in [0, 0.05) is 52.2 Å². The van der Waals surface area contributed by atoms with E-state index in [0.29, 0.717) is 31.9 Å². The molecule has 1 aromatic heterocycles. The predicted molar refractivity (Wildman–Crippen MR) is 104 cm³/mol. The van der Waals surface area contributed by atoms with Crippen molar-refractivity contribution in [1.29, 1.82) is 0 Å². The number of amides is 2. The number of hydrogen-bond donors (Lipinski definition) is 2. The molecule has 28 heavy (non-hydrogen) atoms. The van der Waals surface area contributed by atoms with Crippen molar-refractivity contribution in [1.82, 2.24) is 20.5 Å². The minimum Gasteiger partial charge on any atom is -0.367 e. The van der Waals surface area contributed by atoms with Crippen molar-refractivity contribution in [3.63, 3.8) is 0 Å². The molecule has 2 heterocycles. The van der Waals surface area contributed by atoms with E-state index in [4.69, 9.17) is 0 Å². The molecule has 7 nitrogen and oxygen atoms in total. The molecule has 1 aliphatic heterocycles. The molecule has 2 aromatic rings. The number of aromatic nitrogens is 1. The normalized spacial score (nSPS) is 15.7. The van der Waals surface area contributed by atoms with Crippen LogP contribution in [0.15, 0.2) is 48.8 Å². The largest absolute Gasteiger partial charge is 0.367 e. The second-order valence-electron chi connectivity index (χ2n) is 6.57. The lowest BCUT2D eigenvalue weighted by molar-refractivity contribution is -0.139. The lowest BCUT2D eigenvalue weighted by Gasteiger charge is -2.40. The van der Waals surface area contributed by atoms with E-state index in [0.717, 1.165) is 5.56 Å². The summed E-state index contributed by atoms with van der Waals surface area (Å²) in [4.78, 5) is 31.8. The van der Waals surface area contributed by atoms with Gasteiger partial charge in [0.1, 0.15) is 5.82 Å². The highest BCUT2D eigenvalue weighted by Gasteiger charge is 2.27. The number of nitrogens with one attached hydrogen (secondary N) is 2. The third-order valence-corrected chi connectivity index (χ3v) is 4.91. The Balaban J connectivity index is 1.68. The maximum Gasteiger partial charge on any atom is 0.309 e. The standard InChI is InChI=1S/C20H24FN5O2/c1-22-19(27)20(28)24-14-18(15-5-4-8-23-13-15)26-11-9-25(10-12-26)17-7-3-2-6-16(17)21/h2-8,13,18H,9-12,14H2,1H3,(H,22,27)(H,24,28)/t18-/m1/s1. The monoisotopic (exact) mass is 385 g/mol. The van der Waals surface area contributed by atoms with Crippen molar-refractivity contribution in [2.45, 2.75) is 6.04 Å². The number of rotatable bonds is 5. The summed E-state index contributed by atoms with van der Waals surface area (Å²) in [6.07, 6.45) is 3.46. The molecule has 0 saturated carbocycles. The zero-order valence-electron chi connectivity index (χ0n) is 15.8. The molecule has 1 atom stereocenters. The second-order valence-corrected chi connectivity index (χ2v) is 6.57. The summed E-state index contributed by atoms with van der Waals surface area (Å²) < 4.78 is 14.1. The number of piperazine rings is 1. The van der Waals surface area contributed by atoms with E-state index < -0.39 is 11.8 Å². The van der Waals surface area contributed by atoms with Gasteiger partial charge in [-0.15, -0.1) is 0 Å². The van der Waals surface area contributed by atoms with Crippen LogP contribution < -0.4 is 15.5 Å². The molecular formula is C20H24FN5O2. The van der Waals surface area contributed by atoms with Gasteiger partial charge in [-0.25, -0.2) is 4.39 Å². The molecule has 148 valence electrons. The van der Waals surface area contributed by atoms with Crippen molar-refractivity contribution in [3.8, 4) is 0 Å². The SMILES string of the molecule is CNC(=O)C(=O)NC[C@H](c1cccnc1)N1CCN(c2ccccc2F)CC1. The molecule has 2 amide bonds. The van der Waals surface area contributed by atoms with Crippen LogP contribution in [0.2, 0.25) is 0 Å². The highest BCUT2D eigenvalue weighted by Crippen LogP contribution is 2.25. The van der Waals surface area contributed by atoms with E-state index in [1.165, 1.54) is 13.1 Å². The number of likely N-dealkylation sites (N-methyl/N-ethyl adjacent to an activating group) is 1. The molecule has 3 rings (SSSR count). The van der Waals surface area contributed by atoms with Crippen LogP contribution in [0.5, 0.6) is 0 Å². The van der Waals surface area contributed by atoms with Gasteiger partial charge in [-0.3, -0.25) is 19.5 Å². The first-order valence-electron chi connectivity index (χ1n) is 9.23. The number of carbonyl (C=O) groups is 2. The smallest absolute Gasteiger partial charge is 0.309 e. The summed E-state index contributed by atoms with van der Waals surface area (Å²) in [5.41, 5.74) is 1.56. The lowest BCUT2D eigenvalue weighted by atomic mass is 10.1. The Kier molecular flexibility index (Phi) is 6.54. The Morgan fingerprint density at radius 2 is 1.86 bits per heavy atom. The third-order valence-electron chi connectivity index (χ3n) is 4.91. The fraction of sp³-hybridized carbons (Fsp3) is 0.350. The molecule has 1 aliphatic rings. The Labute approximate surface area is 163 Å². The first-order valence-corrected chi connectivity index (χ1v) is 9.23. The molecule has 0 unspecified atom stereocenters. The van der Waals surface area contributed by atoms with Crippen molar-refractivity contribution in [2.75, 3.05) is 44.7 Å². The quantitative estimate of drug-likeness (QED) is 0.750. The van der Waals surface area contributed by atoms with Crippen LogP contribution >= 0.6 is 0 Å². The highest BCUT2D eigenvalue weighted by atomic mass is 19.1. The minimum atomic E-state index is -0.672. The molecule has 0 bridgehead atoms. The van der Waals surface area contributed by atoms with Crippen LogP contribution in [0.25, 0.3) is 0 Å². The molecule has 2 N–H and O–H groups in total. The van der Waals surface area contributed by atoms with Gasteiger partial charge in [0.05, 0.1) is 11.7 Å². The zero-order valence-corrected chi connectivity index (χ0v) is 15.8. The van der Waals surface area contributed by atoms with Crippen LogP contribution in [0.3, 0.4) is 0 Å². The first kappa shape index (κ1) is 19.8. The van der Waals surface area contributed by atoms with Gasteiger partial charge in [-0.2, -0.15) is 0 Å². The Bertz CT molecular complexity index is 809. The maximum absolute atomic E-state index is 14.1. The maximum atomic E-state index is 14.1. The van der Waals surface area contributed by atoms with Gasteiger partial charge in [-0.1, -0.05) is 18.2 Å². The summed E-state index contributed by atoms with van der Waals surface area (Å²) in [7, 11) is 1.42. The minimum absolute atomic E-state index is 0.120. The number of nitrogens with zero attached hydrogens (tertiary/aromatic N) is 3. The Morgan fingerprint density at radius 3 is 2.50 bits per heavy atom. The molecule has 1 aromatic carbocycles. The van der Waals surface area contributed by atoms with Gasteiger partial charge in [0.25, 0.3) is 0 Å². The van der Waals surface area contributed by atoms with Crippen molar-refractivity contribution < 1.29 is 14.0 Å². The highest BCUT2D eigenvalue weighted by molar-refractivity contribution is 6.35. The number of benzene rings is 1. The molecule has 1 fully saturated rings. The van der Waals surface area contributed by atoms with Gasteiger partial charge in [0.15, 0.2) is 0 Å². The number of halogens is 1. The second kappa shape index (κ2) is 9.27. The molecule has 0 spiro atoms. The summed E-state index contributed by atoms with van der Waals surface area (Å²) in [5.74, 6) is -1.56. The number of para-hydroxylation sites is 1. The first-order chi connectivity index (χ1) is 13.6. The molecule has 0 radical (unpaired) electrons. The number of pyridine rings is 1. The van der Waals surface area contributed by atoms with E-state index in [1.54, 1.807) is 24.5 Å². The number of hydrogen-bond acceptors (Lipinski definition) is 5. The lowest BCUT2D eigenvalue weighted by Crippen LogP contribution is -2.51. The average Bonchev–Trinajstić information content (AvgIpc) is 2.75. The Hall–Kier alpha value is -3.00. The molecule has 0 aliphatic carbocycles. The van der Waals surface area contributed by atoms with E-state index in [9.17, 15) is 14.0 Å². The molecule has 8 heteroatoms. The van der Waals surface area contributed by atoms with Crippen molar-refractivity contribution in [2.24, 2.45) is 0 Å². The Morgan fingerprint density at radius 1 is 1.11 bits per heavy atom. The van der Waals surface area contributed by atoms with Gasteiger partial charge in [0.2, 0.25) is 0 Å². The van der Waals surface area contributed by atoms with Crippen LogP contribution in [-0.4, -0.2) is 61.5 Å². The van der Waals surface area contributed by atoms with Crippen LogP contribution in [-0.2, 0) is 9.59 Å². The summed E-state index contributed by atoms with van der Waals surface area (Å²) >= 11 is 0. The van der Waals surface area contributed by atoms with Crippen molar-refractivity contribution in [3.05, 3.63) is 60.2 Å². The van der Waals surface area contributed by atoms with E-state index >= 15 is 0 Å². The van der Waals surface area contributed by atoms with E-state index in [2.05, 4.69) is 20.5 Å². The molecular weight excluding hydrogens is 361 g/mol. The topological polar surface area (TPSA) is 77.6 Å². The van der Waals surface area contributed by atoms with Gasteiger partial charge in [-0.05, 0) is 23.8 Å². The van der Waals surface area contributed by atoms with Crippen LogP contribution in [0, 0.1) is 5.82 Å².